The van der Waals surface area contributed by atoms with Gasteiger partial charge in [-0.3, -0.25) is 0 Å². The molecule has 0 bridgehead atoms. The molecule has 4 nitrogen and oxygen atoms in total. The molecule has 0 spiro atoms. The molecule has 4 atom stereocenters. The van der Waals surface area contributed by atoms with Gasteiger partial charge in [0, 0.05) is 28.7 Å². The maximum absolute atomic E-state index is 5.94. The van der Waals surface area contributed by atoms with Gasteiger partial charge in [-0.05, 0) is 19.3 Å². The fourth-order valence-electron chi connectivity index (χ4n) is 2.69. The summed E-state index contributed by atoms with van der Waals surface area (Å²) in [5, 5.41) is 5.15. The van der Waals surface area contributed by atoms with Crippen LogP contribution in [0, 0.1) is 0 Å². The molecule has 0 radical (unpaired) electrons. The Morgan fingerprint density at radius 3 is 2.83 bits per heavy atom. The van der Waals surface area contributed by atoms with E-state index in [1.807, 2.05) is 23.5 Å². The first-order valence-corrected chi connectivity index (χ1v) is 8.66. The van der Waals surface area contributed by atoms with Crippen molar-refractivity contribution in [2.45, 2.75) is 48.6 Å². The average molecular weight is 285 g/mol. The van der Waals surface area contributed by atoms with Crippen LogP contribution in [0.3, 0.4) is 0 Å². The number of aromatic nitrogens is 2. The van der Waals surface area contributed by atoms with E-state index in [1.165, 1.54) is 11.5 Å². The van der Waals surface area contributed by atoms with Crippen LogP contribution in [0.4, 0.5) is 0 Å². The minimum Gasteiger partial charge on any atom is -0.339 e. The molecule has 2 fully saturated rings. The predicted octanol–water partition coefficient (Wildman–Crippen LogP) is 2.57. The van der Waals surface area contributed by atoms with E-state index in [9.17, 15) is 0 Å². The summed E-state index contributed by atoms with van der Waals surface area (Å²) in [6.45, 7) is 2.25. The summed E-state index contributed by atoms with van der Waals surface area (Å²) >= 11 is 3.95. The van der Waals surface area contributed by atoms with Crippen LogP contribution in [0.25, 0.3) is 0 Å². The van der Waals surface area contributed by atoms with Crippen LogP contribution in [0.2, 0.25) is 0 Å². The Morgan fingerprint density at radius 2 is 2.11 bits per heavy atom. The Hall–Kier alpha value is -0.200. The lowest BCUT2D eigenvalue weighted by Crippen LogP contribution is -2.17. The van der Waals surface area contributed by atoms with Crippen LogP contribution in [-0.2, 0) is 0 Å². The zero-order valence-electron chi connectivity index (χ0n) is 10.5. The summed E-state index contributed by atoms with van der Waals surface area (Å²) in [7, 11) is 0. The van der Waals surface area contributed by atoms with Gasteiger partial charge in [-0.1, -0.05) is 12.1 Å². The van der Waals surface area contributed by atoms with Gasteiger partial charge in [0.1, 0.15) is 0 Å². The molecular formula is C12H19N3OS2. The summed E-state index contributed by atoms with van der Waals surface area (Å²) in [6, 6.07) is 0.309. The highest BCUT2D eigenvalue weighted by molar-refractivity contribution is 8.06. The van der Waals surface area contributed by atoms with E-state index < -0.39 is 0 Å². The summed E-state index contributed by atoms with van der Waals surface area (Å²) in [6.07, 6.45) is 3.15. The first-order chi connectivity index (χ1) is 8.74. The molecule has 6 heteroatoms. The van der Waals surface area contributed by atoms with E-state index in [1.54, 1.807) is 0 Å². The van der Waals surface area contributed by atoms with Gasteiger partial charge in [-0.15, -0.1) is 11.8 Å². The summed E-state index contributed by atoms with van der Waals surface area (Å²) < 4.78 is 5.46. The first-order valence-electron chi connectivity index (χ1n) is 6.56. The molecule has 1 saturated heterocycles. The van der Waals surface area contributed by atoms with Crippen molar-refractivity contribution in [2.75, 3.05) is 11.5 Å². The molecule has 1 aromatic heterocycles. The standard InChI is InChI=1S/C12H19N3OS2/c1-7-10(18-5-4-17-7)11-14-12(16-15-11)8-2-3-9(13)6-8/h7-10H,2-6,13H2,1H3/t7?,8-,9+,10?/m1/s1. The van der Waals surface area contributed by atoms with Gasteiger partial charge in [0.05, 0.1) is 5.25 Å². The fourth-order valence-corrected chi connectivity index (χ4v) is 5.37. The summed E-state index contributed by atoms with van der Waals surface area (Å²) in [5.41, 5.74) is 5.94. The second kappa shape index (κ2) is 5.43. The van der Waals surface area contributed by atoms with Crippen LogP contribution in [0.5, 0.6) is 0 Å². The lowest BCUT2D eigenvalue weighted by Gasteiger charge is -2.24. The predicted molar refractivity (Wildman–Crippen MR) is 76.0 cm³/mol. The highest BCUT2D eigenvalue weighted by atomic mass is 32.2. The van der Waals surface area contributed by atoms with Crippen LogP contribution < -0.4 is 5.73 Å². The van der Waals surface area contributed by atoms with Gasteiger partial charge < -0.3 is 10.3 Å². The van der Waals surface area contributed by atoms with Crippen molar-refractivity contribution in [3.63, 3.8) is 0 Å². The first kappa shape index (κ1) is 12.8. The van der Waals surface area contributed by atoms with E-state index in [-0.39, 0.29) is 0 Å². The fraction of sp³-hybridized carbons (Fsp3) is 0.833. The third-order valence-electron chi connectivity index (χ3n) is 3.72. The van der Waals surface area contributed by atoms with Gasteiger partial charge >= 0.3 is 0 Å². The smallest absolute Gasteiger partial charge is 0.229 e. The quantitative estimate of drug-likeness (QED) is 0.901. The number of nitrogens with two attached hydrogens (primary N) is 1. The SMILES string of the molecule is CC1SCCSC1c1noc([C@@H]2CC[C@H](N)C2)n1. The van der Waals surface area contributed by atoms with Crippen molar-refractivity contribution >= 4 is 23.5 Å². The second-order valence-electron chi connectivity index (χ2n) is 5.13. The van der Waals surface area contributed by atoms with Gasteiger partial charge in [0.2, 0.25) is 5.89 Å². The molecule has 100 valence electrons. The van der Waals surface area contributed by atoms with Crippen LogP contribution >= 0.6 is 23.5 Å². The Kier molecular flexibility index (Phi) is 3.86. The topological polar surface area (TPSA) is 64.9 Å². The van der Waals surface area contributed by atoms with Gasteiger partial charge in [0.15, 0.2) is 5.82 Å². The Labute approximate surface area is 116 Å². The van der Waals surface area contributed by atoms with Crippen molar-refractivity contribution in [3.05, 3.63) is 11.7 Å². The largest absolute Gasteiger partial charge is 0.339 e. The molecule has 2 heterocycles. The van der Waals surface area contributed by atoms with Gasteiger partial charge in [-0.2, -0.15) is 16.7 Å². The number of hydrogen-bond donors (Lipinski definition) is 1. The third kappa shape index (κ3) is 2.56. The minimum atomic E-state index is 0.309. The summed E-state index contributed by atoms with van der Waals surface area (Å²) in [4.78, 5) is 4.63. The molecule has 1 aliphatic heterocycles. The Morgan fingerprint density at radius 1 is 1.28 bits per heavy atom. The van der Waals surface area contributed by atoms with E-state index in [4.69, 9.17) is 10.3 Å². The van der Waals surface area contributed by atoms with E-state index >= 15 is 0 Å². The monoisotopic (exact) mass is 285 g/mol. The highest BCUT2D eigenvalue weighted by Crippen LogP contribution is 2.42. The molecule has 3 rings (SSSR count). The molecule has 0 amide bonds. The van der Waals surface area contributed by atoms with Crippen molar-refractivity contribution < 1.29 is 4.52 Å². The van der Waals surface area contributed by atoms with E-state index in [0.717, 1.165) is 31.0 Å². The maximum Gasteiger partial charge on any atom is 0.229 e. The number of hydrogen-bond acceptors (Lipinski definition) is 6. The highest BCUT2D eigenvalue weighted by Gasteiger charge is 2.32. The van der Waals surface area contributed by atoms with E-state index in [0.29, 0.717) is 22.5 Å². The molecule has 2 N–H and O–H groups in total. The van der Waals surface area contributed by atoms with Crippen molar-refractivity contribution in [3.8, 4) is 0 Å². The van der Waals surface area contributed by atoms with Crippen molar-refractivity contribution in [1.82, 2.24) is 10.1 Å². The lowest BCUT2D eigenvalue weighted by atomic mass is 10.1. The average Bonchev–Trinajstić information content (AvgIpc) is 2.98. The van der Waals surface area contributed by atoms with Gasteiger partial charge in [0.25, 0.3) is 0 Å². The number of nitrogens with zero attached hydrogens (tertiary/aromatic N) is 2. The molecular weight excluding hydrogens is 266 g/mol. The molecule has 18 heavy (non-hydrogen) atoms. The molecule has 2 aliphatic rings. The molecule has 0 aromatic carbocycles. The van der Waals surface area contributed by atoms with Crippen LogP contribution in [0.1, 0.15) is 49.1 Å². The second-order valence-corrected chi connectivity index (χ2v) is 7.86. The molecule has 1 aliphatic carbocycles. The van der Waals surface area contributed by atoms with Crippen molar-refractivity contribution in [1.29, 1.82) is 0 Å². The molecule has 1 saturated carbocycles. The minimum absolute atomic E-state index is 0.309. The third-order valence-corrected chi connectivity index (χ3v) is 6.81. The van der Waals surface area contributed by atoms with Crippen LogP contribution in [0.15, 0.2) is 4.52 Å². The Balaban J connectivity index is 1.72. The van der Waals surface area contributed by atoms with Crippen molar-refractivity contribution in [2.24, 2.45) is 5.73 Å². The lowest BCUT2D eigenvalue weighted by molar-refractivity contribution is 0.349. The van der Waals surface area contributed by atoms with E-state index in [2.05, 4.69) is 17.1 Å². The van der Waals surface area contributed by atoms with Crippen LogP contribution in [-0.4, -0.2) is 32.9 Å². The van der Waals surface area contributed by atoms with Gasteiger partial charge in [-0.25, -0.2) is 0 Å². The number of rotatable bonds is 2. The summed E-state index contributed by atoms with van der Waals surface area (Å²) in [5.74, 6) is 4.48. The molecule has 2 unspecified atom stereocenters. The number of thioether (sulfide) groups is 2. The Bertz CT molecular complexity index is 412. The zero-order chi connectivity index (χ0) is 12.5. The maximum atomic E-state index is 5.94. The zero-order valence-corrected chi connectivity index (χ0v) is 12.2. The normalized spacial score (nSPS) is 37.0. The molecule has 1 aromatic rings.